The van der Waals surface area contributed by atoms with Gasteiger partial charge in [-0.2, -0.15) is 0 Å². The highest BCUT2D eigenvalue weighted by atomic mass is 16.5. The second-order valence-electron chi connectivity index (χ2n) is 4.56. The van der Waals surface area contributed by atoms with Gasteiger partial charge in [-0.1, -0.05) is 13.8 Å². The summed E-state index contributed by atoms with van der Waals surface area (Å²) < 4.78 is 5.41. The van der Waals surface area contributed by atoms with E-state index in [0.717, 1.165) is 26.3 Å². The number of nitrogens with zero attached hydrogens (tertiary/aromatic N) is 2. The Morgan fingerprint density at radius 1 is 0.941 bits per heavy atom. The number of ether oxygens (including phenoxy) is 1. The predicted molar refractivity (Wildman–Crippen MR) is 72.0 cm³/mol. The van der Waals surface area contributed by atoms with Crippen molar-refractivity contribution in [2.45, 2.75) is 39.4 Å². The summed E-state index contributed by atoms with van der Waals surface area (Å²) in [4.78, 5) is 5.06. The minimum absolute atomic E-state index is 0.0281. The Kier molecular flexibility index (Phi) is 6.41. The van der Waals surface area contributed by atoms with Gasteiger partial charge in [-0.15, -0.1) is 0 Å². The Morgan fingerprint density at radius 2 is 1.41 bits per heavy atom. The molecule has 0 aromatic heterocycles. The third kappa shape index (κ3) is 3.41. The smallest absolute Gasteiger partial charge is 0.125 e. The third-order valence-corrected chi connectivity index (χ3v) is 3.82. The van der Waals surface area contributed by atoms with Crippen LogP contribution < -0.4 is 5.32 Å². The summed E-state index contributed by atoms with van der Waals surface area (Å²) in [7, 11) is 2.06. The van der Waals surface area contributed by atoms with Crippen LogP contribution in [0.5, 0.6) is 0 Å². The molecule has 0 spiro atoms. The highest BCUT2D eigenvalue weighted by Crippen LogP contribution is 2.23. The van der Waals surface area contributed by atoms with Gasteiger partial charge in [0.1, 0.15) is 5.79 Å². The number of hydrogen-bond donors (Lipinski definition) is 1. The van der Waals surface area contributed by atoms with Crippen LogP contribution in [0.4, 0.5) is 0 Å². The molecule has 17 heavy (non-hydrogen) atoms. The normalized spacial score (nSPS) is 26.1. The molecule has 2 fully saturated rings. The summed E-state index contributed by atoms with van der Waals surface area (Å²) in [6.45, 7) is 12.5. The predicted octanol–water partition coefficient (Wildman–Crippen LogP) is 1.33. The SMILES string of the molecule is CC.CNC(C)(N1CCCC1)N1CCOCC1. The molecule has 2 heterocycles. The van der Waals surface area contributed by atoms with Crippen LogP contribution in [-0.4, -0.2) is 62.0 Å². The van der Waals surface area contributed by atoms with Crippen molar-refractivity contribution in [2.75, 3.05) is 46.4 Å². The molecule has 4 nitrogen and oxygen atoms in total. The van der Waals surface area contributed by atoms with Crippen molar-refractivity contribution >= 4 is 0 Å². The molecule has 2 rings (SSSR count). The third-order valence-electron chi connectivity index (χ3n) is 3.82. The number of morpholine rings is 1. The van der Waals surface area contributed by atoms with Crippen LogP contribution in [0.25, 0.3) is 0 Å². The zero-order valence-electron chi connectivity index (χ0n) is 12.0. The molecule has 102 valence electrons. The van der Waals surface area contributed by atoms with Crippen LogP contribution in [-0.2, 0) is 4.74 Å². The van der Waals surface area contributed by atoms with Crippen LogP contribution in [0.2, 0.25) is 0 Å². The largest absolute Gasteiger partial charge is 0.379 e. The molecule has 4 heteroatoms. The van der Waals surface area contributed by atoms with Gasteiger partial charge in [0, 0.05) is 26.2 Å². The maximum absolute atomic E-state index is 5.41. The molecule has 0 aromatic rings. The Hall–Kier alpha value is -0.160. The van der Waals surface area contributed by atoms with E-state index >= 15 is 0 Å². The maximum atomic E-state index is 5.41. The number of hydrogen-bond acceptors (Lipinski definition) is 4. The first-order valence-corrected chi connectivity index (χ1v) is 7.04. The molecule has 1 N–H and O–H groups in total. The molecule has 0 radical (unpaired) electrons. The van der Waals surface area contributed by atoms with Gasteiger partial charge in [-0.3, -0.25) is 15.1 Å². The van der Waals surface area contributed by atoms with E-state index in [9.17, 15) is 0 Å². The molecule has 1 unspecified atom stereocenters. The van der Waals surface area contributed by atoms with Crippen molar-refractivity contribution in [3.05, 3.63) is 0 Å². The van der Waals surface area contributed by atoms with E-state index < -0.39 is 0 Å². The Morgan fingerprint density at radius 3 is 1.88 bits per heavy atom. The Labute approximate surface area is 106 Å². The molecule has 0 aromatic carbocycles. The minimum Gasteiger partial charge on any atom is -0.379 e. The summed E-state index contributed by atoms with van der Waals surface area (Å²) in [6.07, 6.45) is 2.67. The highest BCUT2D eigenvalue weighted by molar-refractivity contribution is 4.87. The molecule has 2 aliphatic rings. The van der Waals surface area contributed by atoms with Crippen molar-refractivity contribution in [1.82, 2.24) is 15.1 Å². The van der Waals surface area contributed by atoms with Gasteiger partial charge < -0.3 is 4.74 Å². The zero-order valence-corrected chi connectivity index (χ0v) is 12.0. The van der Waals surface area contributed by atoms with E-state index in [1.165, 1.54) is 25.9 Å². The Bertz CT molecular complexity index is 201. The molecule has 1 atom stereocenters. The fourth-order valence-electron chi connectivity index (χ4n) is 2.67. The number of likely N-dealkylation sites (tertiary alicyclic amines) is 1. The second-order valence-corrected chi connectivity index (χ2v) is 4.56. The van der Waals surface area contributed by atoms with E-state index in [2.05, 4.69) is 29.1 Å². The van der Waals surface area contributed by atoms with Gasteiger partial charge in [-0.05, 0) is 26.8 Å². The highest BCUT2D eigenvalue weighted by Gasteiger charge is 2.38. The van der Waals surface area contributed by atoms with Crippen LogP contribution in [0.15, 0.2) is 0 Å². The van der Waals surface area contributed by atoms with Gasteiger partial charge in [0.2, 0.25) is 0 Å². The standard InChI is InChI=1S/C11H23N3O.C2H6/c1-11(12-2,13-5-3-4-6-13)14-7-9-15-10-8-14;1-2/h12H,3-10H2,1-2H3;1-2H3. The van der Waals surface area contributed by atoms with Gasteiger partial charge in [0.05, 0.1) is 13.2 Å². The summed E-state index contributed by atoms with van der Waals surface area (Å²) >= 11 is 0. The lowest BCUT2D eigenvalue weighted by Gasteiger charge is -2.48. The molecule has 0 bridgehead atoms. The topological polar surface area (TPSA) is 27.7 Å². The van der Waals surface area contributed by atoms with Crippen molar-refractivity contribution in [1.29, 1.82) is 0 Å². The summed E-state index contributed by atoms with van der Waals surface area (Å²) in [5, 5.41) is 3.49. The fourth-order valence-corrected chi connectivity index (χ4v) is 2.67. The lowest BCUT2D eigenvalue weighted by atomic mass is 10.2. The van der Waals surface area contributed by atoms with Crippen molar-refractivity contribution < 1.29 is 4.74 Å². The van der Waals surface area contributed by atoms with Gasteiger partial charge in [0.15, 0.2) is 0 Å². The minimum atomic E-state index is 0.0281. The monoisotopic (exact) mass is 243 g/mol. The fraction of sp³-hybridized carbons (Fsp3) is 1.00. The average Bonchev–Trinajstić information content (AvgIpc) is 2.96. The number of rotatable bonds is 3. The quantitative estimate of drug-likeness (QED) is 0.809. The van der Waals surface area contributed by atoms with Crippen molar-refractivity contribution in [2.24, 2.45) is 0 Å². The second kappa shape index (κ2) is 7.31. The lowest BCUT2D eigenvalue weighted by Crippen LogP contribution is -2.67. The van der Waals surface area contributed by atoms with E-state index in [0.29, 0.717) is 0 Å². The van der Waals surface area contributed by atoms with E-state index in [-0.39, 0.29) is 5.79 Å². The summed E-state index contributed by atoms with van der Waals surface area (Å²) in [6, 6.07) is 0. The first-order valence-electron chi connectivity index (χ1n) is 7.04. The van der Waals surface area contributed by atoms with E-state index in [1.54, 1.807) is 0 Å². The molecular formula is C13H29N3O. The summed E-state index contributed by atoms with van der Waals surface area (Å²) in [5.74, 6) is 0.0281. The van der Waals surface area contributed by atoms with Crippen LogP contribution >= 0.6 is 0 Å². The average molecular weight is 243 g/mol. The molecule has 0 saturated carbocycles. The maximum Gasteiger partial charge on any atom is 0.125 e. The van der Waals surface area contributed by atoms with Crippen LogP contribution in [0, 0.1) is 0 Å². The zero-order chi connectivity index (χ0) is 12.7. The van der Waals surface area contributed by atoms with Gasteiger partial charge in [-0.25, -0.2) is 0 Å². The Balaban J connectivity index is 0.000000686. The van der Waals surface area contributed by atoms with Crippen molar-refractivity contribution in [3.63, 3.8) is 0 Å². The van der Waals surface area contributed by atoms with Crippen molar-refractivity contribution in [3.8, 4) is 0 Å². The molecule has 2 saturated heterocycles. The molecule has 2 aliphatic heterocycles. The molecule has 0 aliphatic carbocycles. The van der Waals surface area contributed by atoms with E-state index in [4.69, 9.17) is 4.74 Å². The first-order chi connectivity index (χ1) is 8.27. The summed E-state index contributed by atoms with van der Waals surface area (Å²) in [5.41, 5.74) is 0. The lowest BCUT2D eigenvalue weighted by molar-refractivity contribution is -0.0990. The molecular weight excluding hydrogens is 214 g/mol. The van der Waals surface area contributed by atoms with Gasteiger partial charge in [0.25, 0.3) is 0 Å². The molecule has 0 amide bonds. The van der Waals surface area contributed by atoms with E-state index in [1.807, 2.05) is 13.8 Å². The van der Waals surface area contributed by atoms with Crippen LogP contribution in [0.1, 0.15) is 33.6 Å². The number of nitrogens with one attached hydrogen (secondary N) is 1. The first kappa shape index (κ1) is 14.9. The van der Waals surface area contributed by atoms with Gasteiger partial charge >= 0.3 is 0 Å². The van der Waals surface area contributed by atoms with Crippen LogP contribution in [0.3, 0.4) is 0 Å².